The first-order valence-electron chi connectivity index (χ1n) is 5.92. The summed E-state index contributed by atoms with van der Waals surface area (Å²) in [4.78, 5) is 12.0. The van der Waals surface area contributed by atoms with Crippen molar-refractivity contribution in [2.24, 2.45) is 5.92 Å². The van der Waals surface area contributed by atoms with Crippen LogP contribution in [0.4, 0.5) is 0 Å². The van der Waals surface area contributed by atoms with Crippen LogP contribution in [0.25, 0.3) is 0 Å². The Labute approximate surface area is 96.6 Å². The topological polar surface area (TPSA) is 26.3 Å². The molecule has 1 saturated heterocycles. The number of carbonyl (C=O) groups is 1. The largest absolute Gasteiger partial charge is 0.381 e. The summed E-state index contributed by atoms with van der Waals surface area (Å²) in [6.45, 7) is 3.54. The SMILES string of the molecule is Cc1cccc(CC(=O)C2CCOCC2)c1. The zero-order valence-corrected chi connectivity index (χ0v) is 9.74. The molecule has 0 radical (unpaired) electrons. The Hall–Kier alpha value is -1.15. The molecule has 0 saturated carbocycles. The first kappa shape index (κ1) is 11.3. The minimum Gasteiger partial charge on any atom is -0.381 e. The van der Waals surface area contributed by atoms with Crippen molar-refractivity contribution in [2.75, 3.05) is 13.2 Å². The van der Waals surface area contributed by atoms with Gasteiger partial charge in [-0.3, -0.25) is 4.79 Å². The van der Waals surface area contributed by atoms with E-state index in [0.717, 1.165) is 31.6 Å². The van der Waals surface area contributed by atoms with Gasteiger partial charge in [-0.2, -0.15) is 0 Å². The van der Waals surface area contributed by atoms with Crippen LogP contribution in [-0.2, 0) is 16.0 Å². The van der Waals surface area contributed by atoms with Crippen LogP contribution in [0.2, 0.25) is 0 Å². The Kier molecular flexibility index (Phi) is 3.73. The van der Waals surface area contributed by atoms with Crippen molar-refractivity contribution in [3.05, 3.63) is 35.4 Å². The van der Waals surface area contributed by atoms with Crippen molar-refractivity contribution >= 4 is 5.78 Å². The van der Waals surface area contributed by atoms with E-state index in [-0.39, 0.29) is 5.92 Å². The van der Waals surface area contributed by atoms with E-state index in [0.29, 0.717) is 12.2 Å². The van der Waals surface area contributed by atoms with Gasteiger partial charge >= 0.3 is 0 Å². The van der Waals surface area contributed by atoms with Gasteiger partial charge in [0.2, 0.25) is 0 Å². The van der Waals surface area contributed by atoms with E-state index in [4.69, 9.17) is 4.74 Å². The average molecular weight is 218 g/mol. The summed E-state index contributed by atoms with van der Waals surface area (Å²) in [5, 5.41) is 0. The van der Waals surface area contributed by atoms with Gasteiger partial charge in [-0.05, 0) is 25.3 Å². The molecule has 86 valence electrons. The van der Waals surface area contributed by atoms with E-state index in [1.54, 1.807) is 0 Å². The summed E-state index contributed by atoms with van der Waals surface area (Å²) in [7, 11) is 0. The van der Waals surface area contributed by atoms with E-state index >= 15 is 0 Å². The van der Waals surface area contributed by atoms with Crippen molar-refractivity contribution in [1.29, 1.82) is 0 Å². The predicted octanol–water partition coefficient (Wildman–Crippen LogP) is 2.53. The molecule has 1 aliphatic rings. The van der Waals surface area contributed by atoms with E-state index in [1.165, 1.54) is 5.56 Å². The zero-order valence-electron chi connectivity index (χ0n) is 9.74. The summed E-state index contributed by atoms with van der Waals surface area (Å²) in [5.74, 6) is 0.586. The summed E-state index contributed by atoms with van der Waals surface area (Å²) in [5.41, 5.74) is 2.36. The Morgan fingerprint density at radius 2 is 2.12 bits per heavy atom. The molecule has 0 amide bonds. The lowest BCUT2D eigenvalue weighted by Gasteiger charge is -2.20. The molecule has 0 unspecified atom stereocenters. The highest BCUT2D eigenvalue weighted by atomic mass is 16.5. The van der Waals surface area contributed by atoms with Gasteiger partial charge in [-0.25, -0.2) is 0 Å². The van der Waals surface area contributed by atoms with Crippen molar-refractivity contribution < 1.29 is 9.53 Å². The molecule has 0 aromatic heterocycles. The average Bonchev–Trinajstić information content (AvgIpc) is 2.30. The molecule has 0 aliphatic carbocycles. The van der Waals surface area contributed by atoms with Gasteiger partial charge in [0.05, 0.1) is 0 Å². The van der Waals surface area contributed by atoms with Crippen LogP contribution in [-0.4, -0.2) is 19.0 Å². The number of benzene rings is 1. The van der Waals surface area contributed by atoms with E-state index in [2.05, 4.69) is 19.1 Å². The molecule has 0 N–H and O–H groups in total. The fourth-order valence-corrected chi connectivity index (χ4v) is 2.19. The number of rotatable bonds is 3. The van der Waals surface area contributed by atoms with Gasteiger partial charge in [0.1, 0.15) is 5.78 Å². The first-order chi connectivity index (χ1) is 7.75. The quantitative estimate of drug-likeness (QED) is 0.779. The molecule has 2 heteroatoms. The number of carbonyl (C=O) groups excluding carboxylic acids is 1. The van der Waals surface area contributed by atoms with Crippen molar-refractivity contribution in [2.45, 2.75) is 26.2 Å². The van der Waals surface area contributed by atoms with Gasteiger partial charge in [0.25, 0.3) is 0 Å². The monoisotopic (exact) mass is 218 g/mol. The van der Waals surface area contributed by atoms with Crippen LogP contribution >= 0.6 is 0 Å². The highest BCUT2D eigenvalue weighted by Crippen LogP contribution is 2.18. The second-order valence-electron chi connectivity index (χ2n) is 4.52. The Balaban J connectivity index is 1.96. The minimum absolute atomic E-state index is 0.217. The molecule has 1 aliphatic heterocycles. The number of hydrogen-bond donors (Lipinski definition) is 0. The Morgan fingerprint density at radius 3 is 2.81 bits per heavy atom. The maximum Gasteiger partial charge on any atom is 0.140 e. The Bertz CT molecular complexity index is 365. The maximum absolute atomic E-state index is 12.0. The molecule has 16 heavy (non-hydrogen) atoms. The lowest BCUT2D eigenvalue weighted by Crippen LogP contribution is -2.24. The minimum atomic E-state index is 0.217. The van der Waals surface area contributed by atoms with E-state index in [9.17, 15) is 4.79 Å². The molecule has 2 rings (SSSR count). The molecular weight excluding hydrogens is 200 g/mol. The molecular formula is C14H18O2. The van der Waals surface area contributed by atoms with Crippen LogP contribution in [0.5, 0.6) is 0 Å². The van der Waals surface area contributed by atoms with Crippen LogP contribution < -0.4 is 0 Å². The molecule has 0 atom stereocenters. The van der Waals surface area contributed by atoms with Crippen molar-refractivity contribution in [3.8, 4) is 0 Å². The van der Waals surface area contributed by atoms with Gasteiger partial charge in [0, 0.05) is 25.6 Å². The third-order valence-corrected chi connectivity index (χ3v) is 3.14. The van der Waals surface area contributed by atoms with E-state index < -0.39 is 0 Å². The normalized spacial score (nSPS) is 17.3. The summed E-state index contributed by atoms with van der Waals surface area (Å²) >= 11 is 0. The van der Waals surface area contributed by atoms with Gasteiger partial charge < -0.3 is 4.74 Å². The van der Waals surface area contributed by atoms with E-state index in [1.807, 2.05) is 12.1 Å². The second kappa shape index (κ2) is 5.26. The van der Waals surface area contributed by atoms with Gasteiger partial charge in [-0.1, -0.05) is 29.8 Å². The van der Waals surface area contributed by atoms with Crippen LogP contribution in [0, 0.1) is 12.8 Å². The number of aryl methyl sites for hydroxylation is 1. The third-order valence-electron chi connectivity index (χ3n) is 3.14. The lowest BCUT2D eigenvalue weighted by atomic mass is 9.91. The molecule has 0 bridgehead atoms. The molecule has 1 aromatic carbocycles. The number of ether oxygens (including phenoxy) is 1. The fourth-order valence-electron chi connectivity index (χ4n) is 2.19. The van der Waals surface area contributed by atoms with Crippen LogP contribution in [0.3, 0.4) is 0 Å². The summed E-state index contributed by atoms with van der Waals surface area (Å²) < 4.78 is 5.27. The standard InChI is InChI=1S/C14H18O2/c1-11-3-2-4-12(9-11)10-14(15)13-5-7-16-8-6-13/h2-4,9,13H,5-8,10H2,1H3. The van der Waals surface area contributed by atoms with Crippen molar-refractivity contribution in [1.82, 2.24) is 0 Å². The zero-order chi connectivity index (χ0) is 11.4. The maximum atomic E-state index is 12.0. The lowest BCUT2D eigenvalue weighted by molar-refractivity contribution is -0.125. The summed E-state index contributed by atoms with van der Waals surface area (Å²) in [6, 6.07) is 8.20. The Morgan fingerprint density at radius 1 is 1.38 bits per heavy atom. The van der Waals surface area contributed by atoms with Crippen molar-refractivity contribution in [3.63, 3.8) is 0 Å². The molecule has 2 nitrogen and oxygen atoms in total. The van der Waals surface area contributed by atoms with Gasteiger partial charge in [-0.15, -0.1) is 0 Å². The third kappa shape index (κ3) is 2.92. The number of Topliss-reactive ketones (excluding diaryl/α,β-unsaturated/α-hetero) is 1. The molecule has 0 spiro atoms. The first-order valence-corrected chi connectivity index (χ1v) is 5.92. The number of ketones is 1. The highest BCUT2D eigenvalue weighted by Gasteiger charge is 2.21. The molecule has 1 heterocycles. The van der Waals surface area contributed by atoms with Crippen LogP contribution in [0.15, 0.2) is 24.3 Å². The molecule has 1 aromatic rings. The van der Waals surface area contributed by atoms with Crippen LogP contribution in [0.1, 0.15) is 24.0 Å². The van der Waals surface area contributed by atoms with Gasteiger partial charge in [0.15, 0.2) is 0 Å². The smallest absolute Gasteiger partial charge is 0.140 e. The fraction of sp³-hybridized carbons (Fsp3) is 0.500. The summed E-state index contributed by atoms with van der Waals surface area (Å²) in [6.07, 6.45) is 2.36. The predicted molar refractivity (Wildman–Crippen MR) is 63.4 cm³/mol. The number of hydrogen-bond acceptors (Lipinski definition) is 2. The molecule has 1 fully saturated rings. The second-order valence-corrected chi connectivity index (χ2v) is 4.52. The highest BCUT2D eigenvalue weighted by molar-refractivity contribution is 5.83.